The number of benzene rings is 2. The molecule has 1 atom stereocenters. The molecule has 1 heterocycles. The van der Waals surface area contributed by atoms with Gasteiger partial charge in [0, 0.05) is 11.4 Å². The van der Waals surface area contributed by atoms with Crippen LogP contribution in [0.5, 0.6) is 0 Å². The van der Waals surface area contributed by atoms with Crippen LogP contribution in [0.25, 0.3) is 0 Å². The standard InChI is InChI=1S/C22H23N3O3/c1-13(2)16-7-9-17(10-8-16)23-15(4)19-20(26)24-22(28)25(21(19)27)18-11-5-14(3)6-12-18/h5-13,19,23H,4H2,1-3H3,(H,24,26,28)/t19-/m1/s1. The van der Waals surface area contributed by atoms with E-state index >= 15 is 0 Å². The van der Waals surface area contributed by atoms with Gasteiger partial charge in [-0.3, -0.25) is 14.9 Å². The second kappa shape index (κ2) is 7.68. The van der Waals surface area contributed by atoms with Crippen LogP contribution in [0.2, 0.25) is 0 Å². The molecule has 1 aliphatic rings. The summed E-state index contributed by atoms with van der Waals surface area (Å²) in [6.07, 6.45) is 0. The van der Waals surface area contributed by atoms with Crippen LogP contribution in [0.1, 0.15) is 30.9 Å². The SMILES string of the molecule is C=C(Nc1ccc(C(C)C)cc1)[C@@H]1C(=O)NC(=O)N(c2ccc(C)cc2)C1=O. The number of rotatable bonds is 5. The van der Waals surface area contributed by atoms with E-state index in [2.05, 4.69) is 31.1 Å². The average molecular weight is 377 g/mol. The third-order valence-corrected chi connectivity index (χ3v) is 4.69. The van der Waals surface area contributed by atoms with E-state index in [1.54, 1.807) is 24.3 Å². The Balaban J connectivity index is 1.82. The van der Waals surface area contributed by atoms with Gasteiger partial charge in [-0.1, -0.05) is 50.3 Å². The van der Waals surface area contributed by atoms with Crippen LogP contribution in [0, 0.1) is 12.8 Å². The minimum atomic E-state index is -1.20. The molecule has 2 aromatic carbocycles. The van der Waals surface area contributed by atoms with E-state index in [1.807, 2.05) is 31.2 Å². The highest BCUT2D eigenvalue weighted by atomic mass is 16.2. The Morgan fingerprint density at radius 1 is 1.04 bits per heavy atom. The largest absolute Gasteiger partial charge is 0.358 e. The normalized spacial score (nSPS) is 16.9. The van der Waals surface area contributed by atoms with Gasteiger partial charge in [0.1, 0.15) is 0 Å². The number of aryl methyl sites for hydroxylation is 1. The Labute approximate surface area is 164 Å². The number of urea groups is 1. The molecule has 0 aromatic heterocycles. The molecule has 1 aliphatic heterocycles. The number of hydrogen-bond acceptors (Lipinski definition) is 4. The van der Waals surface area contributed by atoms with Crippen LogP contribution in [-0.4, -0.2) is 17.8 Å². The third kappa shape index (κ3) is 3.81. The maximum Gasteiger partial charge on any atom is 0.335 e. The second-order valence-corrected chi connectivity index (χ2v) is 7.16. The molecule has 0 unspecified atom stereocenters. The van der Waals surface area contributed by atoms with E-state index < -0.39 is 23.8 Å². The minimum Gasteiger partial charge on any atom is -0.358 e. The number of imide groups is 2. The van der Waals surface area contributed by atoms with Crippen LogP contribution in [0.3, 0.4) is 0 Å². The maximum atomic E-state index is 13.0. The van der Waals surface area contributed by atoms with Crippen molar-refractivity contribution >= 4 is 29.2 Å². The molecule has 2 N–H and O–H groups in total. The fraction of sp³-hybridized carbons (Fsp3) is 0.227. The predicted molar refractivity (Wildman–Crippen MR) is 109 cm³/mol. The molecule has 1 saturated heterocycles. The van der Waals surface area contributed by atoms with Crippen molar-refractivity contribution in [2.75, 3.05) is 10.2 Å². The molecule has 6 nitrogen and oxygen atoms in total. The zero-order valence-corrected chi connectivity index (χ0v) is 16.2. The maximum absolute atomic E-state index is 13.0. The van der Waals surface area contributed by atoms with E-state index in [0.717, 1.165) is 10.5 Å². The lowest BCUT2D eigenvalue weighted by Crippen LogP contribution is -2.59. The van der Waals surface area contributed by atoms with Gasteiger partial charge in [0.15, 0.2) is 5.92 Å². The predicted octanol–water partition coefficient (Wildman–Crippen LogP) is 3.94. The number of carbonyl (C=O) groups is 3. The summed E-state index contributed by atoms with van der Waals surface area (Å²) in [4.78, 5) is 38.5. The summed E-state index contributed by atoms with van der Waals surface area (Å²) in [6, 6.07) is 13.9. The molecule has 0 bridgehead atoms. The average Bonchev–Trinajstić information content (AvgIpc) is 2.63. The van der Waals surface area contributed by atoms with Crippen LogP contribution in [0.4, 0.5) is 16.2 Å². The summed E-state index contributed by atoms with van der Waals surface area (Å²) >= 11 is 0. The lowest BCUT2D eigenvalue weighted by atomic mass is 9.99. The smallest absolute Gasteiger partial charge is 0.335 e. The molecule has 0 saturated carbocycles. The highest BCUT2D eigenvalue weighted by Gasteiger charge is 2.42. The molecule has 2 aromatic rings. The van der Waals surface area contributed by atoms with Crippen LogP contribution in [0.15, 0.2) is 60.8 Å². The molecular weight excluding hydrogens is 354 g/mol. The zero-order chi connectivity index (χ0) is 20.4. The first kappa shape index (κ1) is 19.4. The number of nitrogens with one attached hydrogen (secondary N) is 2. The first-order chi connectivity index (χ1) is 13.3. The Morgan fingerprint density at radius 3 is 2.21 bits per heavy atom. The summed E-state index contributed by atoms with van der Waals surface area (Å²) in [5.74, 6) is -2.12. The Morgan fingerprint density at radius 2 is 1.64 bits per heavy atom. The molecule has 6 heteroatoms. The van der Waals surface area contributed by atoms with Gasteiger partial charge in [-0.2, -0.15) is 0 Å². The lowest BCUT2D eigenvalue weighted by Gasteiger charge is -2.31. The van der Waals surface area contributed by atoms with Crippen molar-refractivity contribution in [3.63, 3.8) is 0 Å². The number of barbiturate groups is 1. The van der Waals surface area contributed by atoms with E-state index in [-0.39, 0.29) is 5.70 Å². The quantitative estimate of drug-likeness (QED) is 0.774. The van der Waals surface area contributed by atoms with E-state index in [4.69, 9.17) is 0 Å². The summed E-state index contributed by atoms with van der Waals surface area (Å²) in [5, 5.41) is 5.26. The highest BCUT2D eigenvalue weighted by molar-refractivity contribution is 6.28. The summed E-state index contributed by atoms with van der Waals surface area (Å²) in [6.45, 7) is 9.98. The van der Waals surface area contributed by atoms with Gasteiger partial charge in [-0.05, 0) is 42.7 Å². The molecule has 1 fully saturated rings. The molecule has 28 heavy (non-hydrogen) atoms. The van der Waals surface area contributed by atoms with Crippen molar-refractivity contribution in [1.29, 1.82) is 0 Å². The Hall–Kier alpha value is -3.41. The van der Waals surface area contributed by atoms with Gasteiger partial charge in [-0.15, -0.1) is 0 Å². The molecule has 0 spiro atoms. The Kier molecular flexibility index (Phi) is 5.31. The summed E-state index contributed by atoms with van der Waals surface area (Å²) in [7, 11) is 0. The van der Waals surface area contributed by atoms with Crippen LogP contribution < -0.4 is 15.5 Å². The van der Waals surface area contributed by atoms with Gasteiger partial charge in [0.2, 0.25) is 5.91 Å². The van der Waals surface area contributed by atoms with Gasteiger partial charge in [0.25, 0.3) is 5.91 Å². The van der Waals surface area contributed by atoms with Crippen molar-refractivity contribution in [2.24, 2.45) is 5.92 Å². The molecule has 0 aliphatic carbocycles. The van der Waals surface area contributed by atoms with Crippen molar-refractivity contribution < 1.29 is 14.4 Å². The van der Waals surface area contributed by atoms with E-state index in [1.165, 1.54) is 5.56 Å². The summed E-state index contributed by atoms with van der Waals surface area (Å²) in [5.41, 5.74) is 3.51. The number of nitrogens with zero attached hydrogens (tertiary/aromatic N) is 1. The summed E-state index contributed by atoms with van der Waals surface area (Å²) < 4.78 is 0. The van der Waals surface area contributed by atoms with Crippen molar-refractivity contribution in [3.8, 4) is 0 Å². The molecule has 144 valence electrons. The number of hydrogen-bond donors (Lipinski definition) is 2. The topological polar surface area (TPSA) is 78.5 Å². The molecular formula is C22H23N3O3. The highest BCUT2D eigenvalue weighted by Crippen LogP contribution is 2.26. The van der Waals surface area contributed by atoms with Gasteiger partial charge in [-0.25, -0.2) is 9.69 Å². The number of anilines is 2. The third-order valence-electron chi connectivity index (χ3n) is 4.69. The first-order valence-electron chi connectivity index (χ1n) is 9.09. The van der Waals surface area contributed by atoms with Crippen LogP contribution in [-0.2, 0) is 9.59 Å². The van der Waals surface area contributed by atoms with E-state index in [9.17, 15) is 14.4 Å². The second-order valence-electron chi connectivity index (χ2n) is 7.16. The van der Waals surface area contributed by atoms with Crippen LogP contribution >= 0.6 is 0 Å². The molecule has 3 rings (SSSR count). The fourth-order valence-electron chi connectivity index (χ4n) is 3.03. The fourth-order valence-corrected chi connectivity index (χ4v) is 3.03. The molecule has 0 radical (unpaired) electrons. The lowest BCUT2D eigenvalue weighted by molar-refractivity contribution is -0.132. The Bertz CT molecular complexity index is 931. The molecule has 4 amide bonds. The zero-order valence-electron chi connectivity index (χ0n) is 16.2. The number of amides is 4. The van der Waals surface area contributed by atoms with Gasteiger partial charge < -0.3 is 5.32 Å². The van der Waals surface area contributed by atoms with Gasteiger partial charge in [0.05, 0.1) is 5.69 Å². The monoisotopic (exact) mass is 377 g/mol. The van der Waals surface area contributed by atoms with Crippen molar-refractivity contribution in [1.82, 2.24) is 5.32 Å². The number of carbonyl (C=O) groups excluding carboxylic acids is 3. The minimum absolute atomic E-state index is 0.212. The van der Waals surface area contributed by atoms with Crippen molar-refractivity contribution in [2.45, 2.75) is 26.7 Å². The van der Waals surface area contributed by atoms with Crippen molar-refractivity contribution in [3.05, 3.63) is 71.9 Å². The van der Waals surface area contributed by atoms with E-state index in [0.29, 0.717) is 17.3 Å². The van der Waals surface area contributed by atoms with Gasteiger partial charge >= 0.3 is 6.03 Å². The first-order valence-corrected chi connectivity index (χ1v) is 9.09.